The van der Waals surface area contributed by atoms with E-state index in [0.29, 0.717) is 29.1 Å². The number of nitrogens with zero attached hydrogens (tertiary/aromatic N) is 4. The molecule has 9 heteroatoms. The van der Waals surface area contributed by atoms with Crippen LogP contribution in [-0.4, -0.2) is 33.3 Å². The van der Waals surface area contributed by atoms with Crippen LogP contribution in [-0.2, 0) is 11.8 Å². The molecule has 0 aliphatic heterocycles. The van der Waals surface area contributed by atoms with Crippen molar-refractivity contribution in [3.63, 3.8) is 0 Å². The van der Waals surface area contributed by atoms with Crippen molar-refractivity contribution in [2.24, 2.45) is 23.2 Å². The number of ether oxygens (including phenoxy) is 1. The Morgan fingerprint density at radius 1 is 1.19 bits per heavy atom. The van der Waals surface area contributed by atoms with Gasteiger partial charge in [-0.2, -0.15) is 0 Å². The number of amidine groups is 1. The summed E-state index contributed by atoms with van der Waals surface area (Å²) in [6, 6.07) is 9.01. The molecule has 0 saturated carbocycles. The van der Waals surface area contributed by atoms with Crippen molar-refractivity contribution < 1.29 is 9.53 Å². The number of imidazole rings is 1. The molecule has 2 aromatic heterocycles. The van der Waals surface area contributed by atoms with Crippen LogP contribution in [0.1, 0.15) is 27.7 Å². The van der Waals surface area contributed by atoms with E-state index in [1.54, 1.807) is 25.4 Å². The van der Waals surface area contributed by atoms with E-state index >= 15 is 0 Å². The third kappa shape index (κ3) is 5.42. The fourth-order valence-electron chi connectivity index (χ4n) is 2.84. The van der Waals surface area contributed by atoms with Gasteiger partial charge in [-0.1, -0.05) is 20.8 Å². The fraction of sp³-hybridized carbons (Fsp3) is 0.304. The Balaban J connectivity index is 1.85. The smallest absolute Gasteiger partial charge is 0.222 e. The molecule has 9 nitrogen and oxygen atoms in total. The maximum atomic E-state index is 11.2. The van der Waals surface area contributed by atoms with Gasteiger partial charge in [0.15, 0.2) is 0 Å². The number of hydrogen-bond acceptors (Lipinski definition) is 6. The van der Waals surface area contributed by atoms with E-state index in [0.717, 1.165) is 16.7 Å². The monoisotopic (exact) mass is 435 g/mol. The van der Waals surface area contributed by atoms with Crippen molar-refractivity contribution in [3.05, 3.63) is 48.3 Å². The first kappa shape index (κ1) is 22.8. The molecule has 0 saturated heterocycles. The minimum absolute atomic E-state index is 0.164. The maximum absolute atomic E-state index is 11.2. The average Bonchev–Trinajstić information content (AvgIpc) is 3.01. The van der Waals surface area contributed by atoms with Crippen molar-refractivity contribution in [1.29, 1.82) is 0 Å². The lowest BCUT2D eigenvalue weighted by molar-refractivity contribution is -0.114. The minimum Gasteiger partial charge on any atom is -0.457 e. The number of nitrogens with two attached hydrogens (primary N) is 1. The number of allylic oxidation sites excluding steroid dienone is 1. The number of nitrogens with one attached hydrogen (secondary N) is 2. The number of hydrogen-bond donors (Lipinski definition) is 3. The maximum Gasteiger partial charge on any atom is 0.222 e. The van der Waals surface area contributed by atoms with Gasteiger partial charge < -0.3 is 25.7 Å². The number of aliphatic imine (C=N–C) groups is 1. The number of benzene rings is 1. The van der Waals surface area contributed by atoms with Crippen LogP contribution in [0.3, 0.4) is 0 Å². The van der Waals surface area contributed by atoms with Gasteiger partial charge in [0.2, 0.25) is 11.9 Å². The van der Waals surface area contributed by atoms with Crippen LogP contribution in [0.2, 0.25) is 0 Å². The summed E-state index contributed by atoms with van der Waals surface area (Å²) in [4.78, 5) is 24.3. The van der Waals surface area contributed by atoms with Crippen LogP contribution < -0.4 is 21.1 Å². The molecule has 0 radical (unpaired) electrons. The molecule has 1 amide bonds. The number of carbonyl (C=O) groups is 1. The summed E-state index contributed by atoms with van der Waals surface area (Å²) in [6.07, 6.45) is 3.40. The molecule has 0 fully saturated rings. The van der Waals surface area contributed by atoms with E-state index in [4.69, 9.17) is 10.5 Å². The first-order valence-corrected chi connectivity index (χ1v) is 10.2. The highest BCUT2D eigenvalue weighted by Crippen LogP contribution is 2.28. The third-order valence-electron chi connectivity index (χ3n) is 4.76. The van der Waals surface area contributed by atoms with Gasteiger partial charge in [0, 0.05) is 50.5 Å². The summed E-state index contributed by atoms with van der Waals surface area (Å²) < 4.78 is 7.88. The summed E-state index contributed by atoms with van der Waals surface area (Å²) in [6.45, 7) is 7.57. The van der Waals surface area contributed by atoms with E-state index in [-0.39, 0.29) is 11.3 Å². The highest BCUT2D eigenvalue weighted by Gasteiger charge is 2.16. The Bertz CT molecular complexity index is 1200. The SMILES string of the molecule is CN=C(C=C(N)C(C)(C)C)Nc1nc2ccc(Oc3ccnc(NC(C)=O)c3)cc2n1C. The molecular weight excluding hydrogens is 406 g/mol. The highest BCUT2D eigenvalue weighted by molar-refractivity contribution is 6.04. The molecule has 0 aliphatic carbocycles. The largest absolute Gasteiger partial charge is 0.457 e. The van der Waals surface area contributed by atoms with Gasteiger partial charge in [-0.3, -0.25) is 9.79 Å². The van der Waals surface area contributed by atoms with Crippen molar-refractivity contribution in [2.75, 3.05) is 17.7 Å². The predicted molar refractivity (Wildman–Crippen MR) is 128 cm³/mol. The molecule has 0 unspecified atom stereocenters. The van der Waals surface area contributed by atoms with Gasteiger partial charge in [0.25, 0.3) is 0 Å². The second-order valence-corrected chi connectivity index (χ2v) is 8.39. The number of pyridine rings is 1. The van der Waals surface area contributed by atoms with Gasteiger partial charge in [0.05, 0.1) is 11.0 Å². The predicted octanol–water partition coefficient (Wildman–Crippen LogP) is 4.05. The number of amides is 1. The lowest BCUT2D eigenvalue weighted by Crippen LogP contribution is -2.21. The quantitative estimate of drug-likeness (QED) is 0.411. The van der Waals surface area contributed by atoms with Crippen LogP contribution in [0, 0.1) is 5.41 Å². The first-order chi connectivity index (χ1) is 15.1. The number of fused-ring (bicyclic) bond motifs is 1. The summed E-state index contributed by atoms with van der Waals surface area (Å²) in [5, 5.41) is 5.88. The molecule has 2 heterocycles. The van der Waals surface area contributed by atoms with Gasteiger partial charge in [0.1, 0.15) is 23.2 Å². The highest BCUT2D eigenvalue weighted by atomic mass is 16.5. The van der Waals surface area contributed by atoms with Crippen molar-refractivity contribution in [2.45, 2.75) is 27.7 Å². The van der Waals surface area contributed by atoms with Crippen LogP contribution in [0.15, 0.2) is 53.3 Å². The van der Waals surface area contributed by atoms with Gasteiger partial charge in [-0.15, -0.1) is 0 Å². The molecule has 3 aromatic rings. The Morgan fingerprint density at radius 3 is 2.56 bits per heavy atom. The average molecular weight is 436 g/mol. The molecule has 0 atom stereocenters. The zero-order valence-corrected chi connectivity index (χ0v) is 19.2. The Labute approximate surface area is 187 Å². The van der Waals surface area contributed by atoms with E-state index < -0.39 is 0 Å². The van der Waals surface area contributed by atoms with Crippen molar-refractivity contribution in [3.8, 4) is 11.5 Å². The molecule has 3 rings (SSSR count). The zero-order valence-electron chi connectivity index (χ0n) is 19.2. The van der Waals surface area contributed by atoms with E-state index in [1.807, 2.05) is 56.7 Å². The lowest BCUT2D eigenvalue weighted by Gasteiger charge is -2.19. The lowest BCUT2D eigenvalue weighted by atomic mass is 9.92. The summed E-state index contributed by atoms with van der Waals surface area (Å²) in [5.41, 5.74) is 8.43. The number of anilines is 2. The summed E-state index contributed by atoms with van der Waals surface area (Å²) in [5.74, 6) is 2.68. The van der Waals surface area contributed by atoms with Crippen molar-refractivity contribution >= 4 is 34.5 Å². The van der Waals surface area contributed by atoms with Crippen LogP contribution in [0.4, 0.5) is 11.8 Å². The molecule has 32 heavy (non-hydrogen) atoms. The Kier molecular flexibility index (Phi) is 6.47. The first-order valence-electron chi connectivity index (χ1n) is 10.2. The molecular formula is C23H29N7O2. The molecule has 1 aromatic carbocycles. The van der Waals surface area contributed by atoms with E-state index in [1.165, 1.54) is 6.92 Å². The van der Waals surface area contributed by atoms with Gasteiger partial charge in [-0.25, -0.2) is 9.97 Å². The molecule has 0 spiro atoms. The number of carbonyl (C=O) groups excluding carboxylic acids is 1. The van der Waals surface area contributed by atoms with Gasteiger partial charge >= 0.3 is 0 Å². The molecule has 0 bridgehead atoms. The summed E-state index contributed by atoms with van der Waals surface area (Å²) in [7, 11) is 3.61. The second kappa shape index (κ2) is 9.09. The third-order valence-corrected chi connectivity index (χ3v) is 4.76. The van der Waals surface area contributed by atoms with Crippen LogP contribution in [0.5, 0.6) is 11.5 Å². The van der Waals surface area contributed by atoms with Gasteiger partial charge in [-0.05, 0) is 24.3 Å². The van der Waals surface area contributed by atoms with E-state index in [9.17, 15) is 4.79 Å². The fourth-order valence-corrected chi connectivity index (χ4v) is 2.84. The molecule has 168 valence electrons. The number of aromatic nitrogens is 3. The number of rotatable bonds is 5. The summed E-state index contributed by atoms with van der Waals surface area (Å²) >= 11 is 0. The number of aryl methyl sites for hydroxylation is 1. The van der Waals surface area contributed by atoms with Crippen LogP contribution >= 0.6 is 0 Å². The second-order valence-electron chi connectivity index (χ2n) is 8.39. The topological polar surface area (TPSA) is 119 Å². The minimum atomic E-state index is -0.194. The van der Waals surface area contributed by atoms with Crippen molar-refractivity contribution in [1.82, 2.24) is 14.5 Å². The van der Waals surface area contributed by atoms with Crippen LogP contribution in [0.25, 0.3) is 11.0 Å². The normalized spacial score (nSPS) is 12.7. The molecule has 4 N–H and O–H groups in total. The molecule has 0 aliphatic rings. The van der Waals surface area contributed by atoms with E-state index in [2.05, 4.69) is 25.6 Å². The Morgan fingerprint density at radius 2 is 1.91 bits per heavy atom. The zero-order chi connectivity index (χ0) is 23.5. The Hall–Kier alpha value is -3.88. The standard InChI is InChI=1S/C23H29N7O2/c1-14(31)27-21-12-16(9-10-26-21)32-15-7-8-17-18(11-15)30(6)22(28-17)29-20(25-5)13-19(24)23(2,3)4/h7-13H,24H2,1-6H3,(H,25,28,29)(H,26,27,31).